The third kappa shape index (κ3) is 3.32. The van der Waals surface area contributed by atoms with Gasteiger partial charge in [-0.15, -0.1) is 11.3 Å². The number of ether oxygens (including phenoxy) is 1. The molecular weight excluding hydrogens is 210 g/mol. The summed E-state index contributed by atoms with van der Waals surface area (Å²) >= 11 is 1.42. The highest BCUT2D eigenvalue weighted by Gasteiger charge is 2.14. The Morgan fingerprint density at radius 1 is 1.53 bits per heavy atom. The van der Waals surface area contributed by atoms with Gasteiger partial charge in [0.25, 0.3) is 0 Å². The zero-order valence-corrected chi connectivity index (χ0v) is 10.1. The highest BCUT2D eigenvalue weighted by atomic mass is 32.1. The van der Waals surface area contributed by atoms with Crippen molar-refractivity contribution in [2.75, 3.05) is 7.11 Å². The fraction of sp³-hybridized carbons (Fsp3) is 0.545. The van der Waals surface area contributed by atoms with E-state index < -0.39 is 0 Å². The molecule has 1 rings (SSSR count). The standard InChI is InChI=1S/C11H17NO2S/c1-7(2)6-8(12)9-4-5-10(15-9)11(13)14-3/h4-5,7-8H,6,12H2,1-3H3. The van der Waals surface area contributed by atoms with Crippen LogP contribution in [0.3, 0.4) is 0 Å². The quantitative estimate of drug-likeness (QED) is 0.804. The van der Waals surface area contributed by atoms with Gasteiger partial charge in [-0.2, -0.15) is 0 Å². The Hall–Kier alpha value is -0.870. The van der Waals surface area contributed by atoms with Crippen LogP contribution < -0.4 is 5.73 Å². The van der Waals surface area contributed by atoms with Crippen molar-refractivity contribution in [3.8, 4) is 0 Å². The van der Waals surface area contributed by atoms with E-state index in [9.17, 15) is 4.79 Å². The lowest BCUT2D eigenvalue weighted by atomic mass is 10.0. The number of nitrogens with two attached hydrogens (primary N) is 1. The van der Waals surface area contributed by atoms with E-state index in [4.69, 9.17) is 5.73 Å². The molecule has 0 saturated heterocycles. The van der Waals surface area contributed by atoms with Crippen molar-refractivity contribution >= 4 is 17.3 Å². The molecule has 0 amide bonds. The van der Waals surface area contributed by atoms with Crippen LogP contribution in [0.2, 0.25) is 0 Å². The number of thiophene rings is 1. The average Bonchev–Trinajstić information content (AvgIpc) is 2.64. The molecule has 0 fully saturated rings. The molecule has 1 unspecified atom stereocenters. The minimum absolute atomic E-state index is 0.0217. The maximum absolute atomic E-state index is 11.2. The smallest absolute Gasteiger partial charge is 0.348 e. The normalized spacial score (nSPS) is 12.9. The second-order valence-electron chi connectivity index (χ2n) is 3.93. The summed E-state index contributed by atoms with van der Waals surface area (Å²) < 4.78 is 4.64. The van der Waals surface area contributed by atoms with Crippen LogP contribution in [0.15, 0.2) is 12.1 Å². The summed E-state index contributed by atoms with van der Waals surface area (Å²) in [5.74, 6) is 0.270. The Kier molecular flexibility index (Phi) is 4.29. The Labute approximate surface area is 94.2 Å². The molecule has 4 heteroatoms. The van der Waals surface area contributed by atoms with Crippen LogP contribution in [0.4, 0.5) is 0 Å². The van der Waals surface area contributed by atoms with Crippen LogP contribution in [-0.2, 0) is 4.74 Å². The molecule has 0 aliphatic rings. The third-order valence-corrected chi connectivity index (χ3v) is 3.30. The van der Waals surface area contributed by atoms with E-state index >= 15 is 0 Å². The first-order chi connectivity index (χ1) is 7.04. The first-order valence-corrected chi connectivity index (χ1v) is 5.80. The van der Waals surface area contributed by atoms with E-state index in [2.05, 4.69) is 18.6 Å². The minimum atomic E-state index is -0.289. The number of esters is 1. The van der Waals surface area contributed by atoms with Crippen molar-refractivity contribution in [2.45, 2.75) is 26.3 Å². The van der Waals surface area contributed by atoms with E-state index in [0.717, 1.165) is 11.3 Å². The lowest BCUT2D eigenvalue weighted by Gasteiger charge is -2.11. The summed E-state index contributed by atoms with van der Waals surface area (Å²) in [6, 6.07) is 3.70. The number of carbonyl (C=O) groups is 1. The zero-order chi connectivity index (χ0) is 11.4. The van der Waals surface area contributed by atoms with Crippen molar-refractivity contribution in [3.05, 3.63) is 21.9 Å². The molecule has 84 valence electrons. The van der Waals surface area contributed by atoms with Gasteiger partial charge in [0.1, 0.15) is 4.88 Å². The maximum atomic E-state index is 11.2. The van der Waals surface area contributed by atoms with Crippen molar-refractivity contribution in [1.29, 1.82) is 0 Å². The number of hydrogen-bond donors (Lipinski definition) is 1. The fourth-order valence-electron chi connectivity index (χ4n) is 1.39. The topological polar surface area (TPSA) is 52.3 Å². The van der Waals surface area contributed by atoms with E-state index in [0.29, 0.717) is 10.8 Å². The number of carbonyl (C=O) groups excluding carboxylic acids is 1. The van der Waals surface area contributed by atoms with Gasteiger partial charge >= 0.3 is 5.97 Å². The fourth-order valence-corrected chi connectivity index (χ4v) is 2.33. The van der Waals surface area contributed by atoms with Gasteiger partial charge in [-0.3, -0.25) is 0 Å². The lowest BCUT2D eigenvalue weighted by Crippen LogP contribution is -2.11. The lowest BCUT2D eigenvalue weighted by molar-refractivity contribution is 0.0606. The summed E-state index contributed by atoms with van der Waals surface area (Å²) in [5, 5.41) is 0. The number of rotatable bonds is 4. The molecule has 1 atom stereocenters. The molecule has 2 N–H and O–H groups in total. The van der Waals surface area contributed by atoms with E-state index in [1.807, 2.05) is 6.07 Å². The van der Waals surface area contributed by atoms with Gasteiger partial charge in [0, 0.05) is 10.9 Å². The summed E-state index contributed by atoms with van der Waals surface area (Å²) in [6.45, 7) is 4.27. The molecule has 0 aliphatic heterocycles. The zero-order valence-electron chi connectivity index (χ0n) is 9.32. The molecule has 3 nitrogen and oxygen atoms in total. The summed E-state index contributed by atoms with van der Waals surface area (Å²) in [5.41, 5.74) is 6.01. The van der Waals surface area contributed by atoms with Crippen molar-refractivity contribution in [1.82, 2.24) is 0 Å². The molecule has 0 aromatic carbocycles. The summed E-state index contributed by atoms with van der Waals surface area (Å²) in [6.07, 6.45) is 0.932. The SMILES string of the molecule is COC(=O)c1ccc(C(N)CC(C)C)s1. The highest BCUT2D eigenvalue weighted by Crippen LogP contribution is 2.26. The van der Waals surface area contributed by atoms with Crippen LogP contribution in [0.1, 0.15) is 40.9 Å². The molecule has 0 spiro atoms. The van der Waals surface area contributed by atoms with E-state index in [1.165, 1.54) is 18.4 Å². The van der Waals surface area contributed by atoms with Gasteiger partial charge in [-0.05, 0) is 24.5 Å². The van der Waals surface area contributed by atoms with Crippen molar-refractivity contribution < 1.29 is 9.53 Å². The van der Waals surface area contributed by atoms with Gasteiger partial charge in [0.15, 0.2) is 0 Å². The van der Waals surface area contributed by atoms with Gasteiger partial charge in [-0.25, -0.2) is 4.79 Å². The predicted octanol–water partition coefficient (Wildman–Crippen LogP) is 2.58. The summed E-state index contributed by atoms with van der Waals surface area (Å²) in [4.78, 5) is 12.9. The molecule has 0 radical (unpaired) electrons. The molecule has 1 heterocycles. The second-order valence-corrected chi connectivity index (χ2v) is 5.04. The van der Waals surface area contributed by atoms with Crippen LogP contribution in [0.25, 0.3) is 0 Å². The second kappa shape index (κ2) is 5.28. The van der Waals surface area contributed by atoms with Gasteiger partial charge < -0.3 is 10.5 Å². The van der Waals surface area contributed by atoms with Crippen LogP contribution >= 0.6 is 11.3 Å². The van der Waals surface area contributed by atoms with Crippen molar-refractivity contribution in [3.63, 3.8) is 0 Å². The summed E-state index contributed by atoms with van der Waals surface area (Å²) in [7, 11) is 1.38. The molecule has 1 aromatic heterocycles. The molecular formula is C11H17NO2S. The Morgan fingerprint density at radius 3 is 2.73 bits per heavy atom. The molecule has 0 bridgehead atoms. The van der Waals surface area contributed by atoms with Crippen LogP contribution in [0, 0.1) is 5.92 Å². The Balaban J connectivity index is 2.71. The van der Waals surface area contributed by atoms with E-state index in [1.54, 1.807) is 6.07 Å². The molecule has 15 heavy (non-hydrogen) atoms. The Morgan fingerprint density at radius 2 is 2.20 bits per heavy atom. The largest absolute Gasteiger partial charge is 0.465 e. The number of hydrogen-bond acceptors (Lipinski definition) is 4. The first-order valence-electron chi connectivity index (χ1n) is 4.98. The maximum Gasteiger partial charge on any atom is 0.348 e. The third-order valence-electron chi connectivity index (χ3n) is 2.10. The first kappa shape index (κ1) is 12.2. The van der Waals surface area contributed by atoms with Gasteiger partial charge in [0.2, 0.25) is 0 Å². The molecule has 1 aromatic rings. The monoisotopic (exact) mass is 227 g/mol. The minimum Gasteiger partial charge on any atom is -0.465 e. The number of methoxy groups -OCH3 is 1. The van der Waals surface area contributed by atoms with Gasteiger partial charge in [-0.1, -0.05) is 13.8 Å². The van der Waals surface area contributed by atoms with Crippen LogP contribution in [0.5, 0.6) is 0 Å². The van der Waals surface area contributed by atoms with Crippen molar-refractivity contribution in [2.24, 2.45) is 11.7 Å². The van der Waals surface area contributed by atoms with Gasteiger partial charge in [0.05, 0.1) is 7.11 Å². The van der Waals surface area contributed by atoms with Crippen LogP contribution in [-0.4, -0.2) is 13.1 Å². The highest BCUT2D eigenvalue weighted by molar-refractivity contribution is 7.14. The average molecular weight is 227 g/mol. The molecule has 0 saturated carbocycles. The predicted molar refractivity (Wildman–Crippen MR) is 62.0 cm³/mol. The Bertz CT molecular complexity index is 333. The molecule has 0 aliphatic carbocycles. The van der Waals surface area contributed by atoms with E-state index in [-0.39, 0.29) is 12.0 Å².